The smallest absolute Gasteiger partial charge is 0.0106 e. The Hall–Kier alpha value is -0.120. The summed E-state index contributed by atoms with van der Waals surface area (Å²) in [7, 11) is 6.49. The molecule has 0 fully saturated rings. The molecule has 0 aliphatic rings. The van der Waals surface area contributed by atoms with Crippen LogP contribution in [0.4, 0.5) is 0 Å². The van der Waals surface area contributed by atoms with Gasteiger partial charge in [-0.15, -0.1) is 0 Å². The molecule has 16 heavy (non-hydrogen) atoms. The molecule has 0 aromatic carbocycles. The Morgan fingerprint density at radius 1 is 0.812 bits per heavy atom. The molecular formula is C13H31N3. The van der Waals surface area contributed by atoms with Crippen LogP contribution in [0.25, 0.3) is 0 Å². The summed E-state index contributed by atoms with van der Waals surface area (Å²) in [6.07, 6.45) is 5.41. The van der Waals surface area contributed by atoms with Crippen LogP contribution < -0.4 is 5.32 Å². The molecule has 0 radical (unpaired) electrons. The minimum absolute atomic E-state index is 1.10. The molecule has 98 valence electrons. The Bertz CT molecular complexity index is 137. The molecule has 3 heteroatoms. The average molecular weight is 229 g/mol. The van der Waals surface area contributed by atoms with Gasteiger partial charge in [0, 0.05) is 13.1 Å². The topological polar surface area (TPSA) is 18.5 Å². The third kappa shape index (κ3) is 12.0. The van der Waals surface area contributed by atoms with Crippen molar-refractivity contribution in [2.24, 2.45) is 0 Å². The zero-order valence-corrected chi connectivity index (χ0v) is 11.8. The van der Waals surface area contributed by atoms with Crippen molar-refractivity contribution >= 4 is 0 Å². The highest BCUT2D eigenvalue weighted by Gasteiger charge is 1.98. The van der Waals surface area contributed by atoms with Gasteiger partial charge in [0.2, 0.25) is 0 Å². The fourth-order valence-corrected chi connectivity index (χ4v) is 1.64. The summed E-state index contributed by atoms with van der Waals surface area (Å²) in [5.74, 6) is 0. The number of nitrogens with zero attached hydrogens (tertiary/aromatic N) is 2. The lowest BCUT2D eigenvalue weighted by Gasteiger charge is -2.19. The lowest BCUT2D eigenvalue weighted by atomic mass is 10.2. The quantitative estimate of drug-likeness (QED) is 0.544. The molecule has 3 nitrogen and oxygen atoms in total. The summed E-state index contributed by atoms with van der Waals surface area (Å²) >= 11 is 0. The van der Waals surface area contributed by atoms with E-state index in [0.717, 1.165) is 13.1 Å². The first kappa shape index (κ1) is 15.9. The molecule has 0 spiro atoms. The molecule has 0 aliphatic carbocycles. The number of hydrogen-bond donors (Lipinski definition) is 1. The minimum Gasteiger partial charge on any atom is -0.317 e. The van der Waals surface area contributed by atoms with E-state index in [1.807, 2.05) is 0 Å². The maximum Gasteiger partial charge on any atom is 0.0106 e. The van der Waals surface area contributed by atoms with Gasteiger partial charge in [-0.3, -0.25) is 0 Å². The molecule has 0 amide bonds. The van der Waals surface area contributed by atoms with E-state index in [1.54, 1.807) is 0 Å². The van der Waals surface area contributed by atoms with Gasteiger partial charge in [-0.1, -0.05) is 19.8 Å². The van der Waals surface area contributed by atoms with E-state index >= 15 is 0 Å². The molecular weight excluding hydrogens is 198 g/mol. The summed E-state index contributed by atoms with van der Waals surface area (Å²) in [4.78, 5) is 4.68. The molecule has 0 aromatic rings. The van der Waals surface area contributed by atoms with E-state index in [4.69, 9.17) is 0 Å². The number of rotatable bonds is 11. The van der Waals surface area contributed by atoms with E-state index in [1.165, 1.54) is 45.3 Å². The second-order valence-corrected chi connectivity index (χ2v) is 4.87. The van der Waals surface area contributed by atoms with Crippen LogP contribution >= 0.6 is 0 Å². The van der Waals surface area contributed by atoms with Crippen molar-refractivity contribution in [2.75, 3.05) is 53.9 Å². The summed E-state index contributed by atoms with van der Waals surface area (Å²) in [5.41, 5.74) is 0. The van der Waals surface area contributed by atoms with Crippen molar-refractivity contribution in [3.05, 3.63) is 0 Å². The second-order valence-electron chi connectivity index (χ2n) is 4.87. The van der Waals surface area contributed by atoms with Crippen molar-refractivity contribution in [3.63, 3.8) is 0 Å². The third-order valence-corrected chi connectivity index (χ3v) is 2.82. The van der Waals surface area contributed by atoms with Crippen LogP contribution in [0.5, 0.6) is 0 Å². The van der Waals surface area contributed by atoms with Crippen molar-refractivity contribution in [1.82, 2.24) is 15.1 Å². The minimum atomic E-state index is 1.10. The van der Waals surface area contributed by atoms with Crippen molar-refractivity contribution in [1.29, 1.82) is 0 Å². The van der Waals surface area contributed by atoms with Crippen LogP contribution in [0.15, 0.2) is 0 Å². The normalized spacial score (nSPS) is 11.6. The number of likely N-dealkylation sites (N-methyl/N-ethyl adjacent to an activating group) is 2. The Morgan fingerprint density at radius 3 is 2.12 bits per heavy atom. The first-order valence-corrected chi connectivity index (χ1v) is 6.70. The summed E-state index contributed by atoms with van der Waals surface area (Å²) in [5, 5.41) is 3.36. The Morgan fingerprint density at radius 2 is 1.50 bits per heavy atom. The number of hydrogen-bond acceptors (Lipinski definition) is 3. The van der Waals surface area contributed by atoms with Crippen LogP contribution in [0.2, 0.25) is 0 Å². The Labute approximate surface area is 102 Å². The van der Waals surface area contributed by atoms with Crippen molar-refractivity contribution in [3.8, 4) is 0 Å². The molecule has 0 saturated heterocycles. The van der Waals surface area contributed by atoms with Crippen LogP contribution in [0.1, 0.15) is 32.6 Å². The van der Waals surface area contributed by atoms with Gasteiger partial charge in [0.1, 0.15) is 0 Å². The molecule has 0 atom stereocenters. The van der Waals surface area contributed by atoms with Crippen molar-refractivity contribution < 1.29 is 0 Å². The van der Waals surface area contributed by atoms with Gasteiger partial charge >= 0.3 is 0 Å². The van der Waals surface area contributed by atoms with E-state index in [0.29, 0.717) is 0 Å². The predicted molar refractivity (Wildman–Crippen MR) is 73.1 cm³/mol. The van der Waals surface area contributed by atoms with Gasteiger partial charge in [-0.2, -0.15) is 0 Å². The molecule has 0 saturated carbocycles. The predicted octanol–water partition coefficient (Wildman–Crippen LogP) is 1.65. The standard InChI is InChI=1S/C13H31N3/c1-5-14-10-8-6-7-9-11-16(4)13-12-15(2)3/h14H,5-13H2,1-4H3. The monoisotopic (exact) mass is 229 g/mol. The Kier molecular flexibility index (Phi) is 11.3. The Balaban J connectivity index is 3.12. The van der Waals surface area contributed by atoms with Crippen LogP contribution in [-0.4, -0.2) is 63.7 Å². The maximum atomic E-state index is 3.36. The van der Waals surface area contributed by atoms with Gasteiger partial charge in [-0.05, 0) is 53.6 Å². The van der Waals surface area contributed by atoms with Crippen LogP contribution in [0, 0.1) is 0 Å². The first-order valence-electron chi connectivity index (χ1n) is 6.70. The zero-order chi connectivity index (χ0) is 12.2. The molecule has 0 aliphatic heterocycles. The molecule has 0 rings (SSSR count). The molecule has 0 bridgehead atoms. The highest BCUT2D eigenvalue weighted by molar-refractivity contribution is 4.55. The number of nitrogens with one attached hydrogen (secondary N) is 1. The summed E-state index contributed by atoms with van der Waals surface area (Å²) < 4.78 is 0. The SMILES string of the molecule is CCNCCCCCCN(C)CCN(C)C. The van der Waals surface area contributed by atoms with Crippen LogP contribution in [0.3, 0.4) is 0 Å². The van der Waals surface area contributed by atoms with E-state index in [-0.39, 0.29) is 0 Å². The fourth-order valence-electron chi connectivity index (χ4n) is 1.64. The second kappa shape index (κ2) is 11.4. The lowest BCUT2D eigenvalue weighted by molar-refractivity contribution is 0.277. The molecule has 0 unspecified atom stereocenters. The zero-order valence-electron chi connectivity index (χ0n) is 11.8. The van der Waals surface area contributed by atoms with Crippen molar-refractivity contribution in [2.45, 2.75) is 32.6 Å². The fraction of sp³-hybridized carbons (Fsp3) is 1.00. The van der Waals surface area contributed by atoms with Gasteiger partial charge < -0.3 is 15.1 Å². The highest BCUT2D eigenvalue weighted by atomic mass is 15.1. The van der Waals surface area contributed by atoms with Crippen LogP contribution in [-0.2, 0) is 0 Å². The summed E-state index contributed by atoms with van der Waals surface area (Å²) in [6, 6.07) is 0. The average Bonchev–Trinajstić information content (AvgIpc) is 2.25. The van der Waals surface area contributed by atoms with E-state index in [2.05, 4.69) is 43.2 Å². The van der Waals surface area contributed by atoms with Gasteiger partial charge in [0.05, 0.1) is 0 Å². The summed E-state index contributed by atoms with van der Waals surface area (Å²) in [6.45, 7) is 8.05. The van der Waals surface area contributed by atoms with Gasteiger partial charge in [0.15, 0.2) is 0 Å². The largest absolute Gasteiger partial charge is 0.317 e. The first-order chi connectivity index (χ1) is 7.66. The molecule has 0 heterocycles. The van der Waals surface area contributed by atoms with Gasteiger partial charge in [-0.25, -0.2) is 0 Å². The van der Waals surface area contributed by atoms with E-state index < -0.39 is 0 Å². The van der Waals surface area contributed by atoms with Gasteiger partial charge in [0.25, 0.3) is 0 Å². The number of unbranched alkanes of at least 4 members (excludes halogenated alkanes) is 3. The maximum absolute atomic E-state index is 3.36. The highest BCUT2D eigenvalue weighted by Crippen LogP contribution is 2.00. The van der Waals surface area contributed by atoms with E-state index in [9.17, 15) is 0 Å². The lowest BCUT2D eigenvalue weighted by Crippen LogP contribution is -2.29. The third-order valence-electron chi connectivity index (χ3n) is 2.82. The molecule has 1 N–H and O–H groups in total. The molecule has 0 aromatic heterocycles.